The number of tetrazole rings is 1. The first-order valence-corrected chi connectivity index (χ1v) is 9.25. The Morgan fingerprint density at radius 2 is 2.04 bits per heavy atom. The molecule has 3 aromatic rings. The zero-order valence-electron chi connectivity index (χ0n) is 15.1. The molecule has 134 valence electrons. The summed E-state index contributed by atoms with van der Waals surface area (Å²) in [5, 5.41) is 12.7. The number of hydrogen-bond donors (Lipinski definition) is 0. The van der Waals surface area contributed by atoms with Gasteiger partial charge < -0.3 is 0 Å². The molecule has 2 aromatic heterocycles. The van der Waals surface area contributed by atoms with Crippen molar-refractivity contribution in [2.24, 2.45) is 5.92 Å². The molecule has 0 saturated carbocycles. The topological polar surface area (TPSA) is 59.7 Å². The lowest BCUT2D eigenvalue weighted by atomic mass is 9.96. The van der Waals surface area contributed by atoms with Gasteiger partial charge in [0, 0.05) is 18.9 Å². The predicted molar refractivity (Wildman–Crippen MR) is 99.4 cm³/mol. The lowest BCUT2D eigenvalue weighted by molar-refractivity contribution is 0.142. The van der Waals surface area contributed by atoms with E-state index in [4.69, 9.17) is 0 Å². The van der Waals surface area contributed by atoms with Gasteiger partial charge in [-0.3, -0.25) is 9.88 Å². The number of aromatic nitrogens is 5. The molecule has 0 amide bonds. The van der Waals surface area contributed by atoms with Crippen LogP contribution < -0.4 is 0 Å². The molecule has 0 spiro atoms. The average molecular weight is 348 g/mol. The normalized spacial score (nSPS) is 19.3. The Kier molecular flexibility index (Phi) is 5.02. The second-order valence-electron chi connectivity index (χ2n) is 7.11. The molecule has 0 aliphatic carbocycles. The van der Waals surface area contributed by atoms with Gasteiger partial charge in [0.25, 0.3) is 0 Å². The molecule has 1 aliphatic rings. The van der Waals surface area contributed by atoms with Crippen molar-refractivity contribution in [3.63, 3.8) is 0 Å². The molecule has 4 rings (SSSR count). The summed E-state index contributed by atoms with van der Waals surface area (Å²) in [6.45, 7) is 5.10. The second kappa shape index (κ2) is 7.74. The van der Waals surface area contributed by atoms with E-state index in [1.807, 2.05) is 41.3 Å². The van der Waals surface area contributed by atoms with Crippen LogP contribution in [0.5, 0.6) is 0 Å². The van der Waals surface area contributed by atoms with E-state index in [9.17, 15) is 0 Å². The molecule has 6 nitrogen and oxygen atoms in total. The molecule has 0 radical (unpaired) electrons. The molecule has 2 atom stereocenters. The Morgan fingerprint density at radius 1 is 1.15 bits per heavy atom. The standard InChI is InChI=1S/C20H24N6/c1-16-7-6-12-25(14-16)19(18-10-5-11-21-13-18)20-22-23-24-26(20)15-17-8-3-2-4-9-17/h2-5,8-11,13,16,19H,6-7,12,14-15H2,1H3. The predicted octanol–water partition coefficient (Wildman–Crippen LogP) is 2.94. The Bertz CT molecular complexity index is 817. The van der Waals surface area contributed by atoms with E-state index in [1.165, 1.54) is 18.4 Å². The third kappa shape index (κ3) is 3.65. The Labute approximate surface area is 153 Å². The third-order valence-electron chi connectivity index (χ3n) is 5.03. The quantitative estimate of drug-likeness (QED) is 0.709. The second-order valence-corrected chi connectivity index (χ2v) is 7.11. The lowest BCUT2D eigenvalue weighted by Crippen LogP contribution is -2.39. The highest BCUT2D eigenvalue weighted by molar-refractivity contribution is 5.23. The van der Waals surface area contributed by atoms with Crippen LogP contribution in [0.3, 0.4) is 0 Å². The molecule has 6 heteroatoms. The maximum absolute atomic E-state index is 4.42. The van der Waals surface area contributed by atoms with Gasteiger partial charge in [-0.1, -0.05) is 43.3 Å². The monoisotopic (exact) mass is 348 g/mol. The molecule has 1 aliphatic heterocycles. The van der Waals surface area contributed by atoms with Gasteiger partial charge in [0.2, 0.25) is 0 Å². The summed E-state index contributed by atoms with van der Waals surface area (Å²) in [4.78, 5) is 6.84. The number of nitrogens with zero attached hydrogens (tertiary/aromatic N) is 6. The maximum Gasteiger partial charge on any atom is 0.173 e. The minimum Gasteiger partial charge on any atom is -0.289 e. The maximum atomic E-state index is 4.42. The van der Waals surface area contributed by atoms with Gasteiger partial charge in [0.15, 0.2) is 5.82 Å². The van der Waals surface area contributed by atoms with Crippen LogP contribution in [0.15, 0.2) is 54.9 Å². The molecule has 3 heterocycles. The van der Waals surface area contributed by atoms with Crippen LogP contribution in [0.1, 0.15) is 42.8 Å². The molecular formula is C20H24N6. The molecule has 0 N–H and O–H groups in total. The summed E-state index contributed by atoms with van der Waals surface area (Å²) in [5.41, 5.74) is 2.34. The minimum atomic E-state index is 0.0326. The average Bonchev–Trinajstić information content (AvgIpc) is 3.11. The van der Waals surface area contributed by atoms with Crippen molar-refractivity contribution in [3.8, 4) is 0 Å². The number of rotatable bonds is 5. The van der Waals surface area contributed by atoms with E-state index >= 15 is 0 Å². The first-order chi connectivity index (χ1) is 12.8. The molecule has 1 aromatic carbocycles. The van der Waals surface area contributed by atoms with Gasteiger partial charge in [-0.15, -0.1) is 5.10 Å². The van der Waals surface area contributed by atoms with Crippen LogP contribution in [-0.4, -0.2) is 43.2 Å². The summed E-state index contributed by atoms with van der Waals surface area (Å²) >= 11 is 0. The number of hydrogen-bond acceptors (Lipinski definition) is 5. The van der Waals surface area contributed by atoms with E-state index in [1.54, 1.807) is 0 Å². The number of benzene rings is 1. The van der Waals surface area contributed by atoms with Crippen LogP contribution in [0.25, 0.3) is 0 Å². The van der Waals surface area contributed by atoms with Crippen molar-refractivity contribution in [1.82, 2.24) is 30.1 Å². The number of likely N-dealkylation sites (tertiary alicyclic amines) is 1. The molecule has 1 saturated heterocycles. The summed E-state index contributed by atoms with van der Waals surface area (Å²) in [5.74, 6) is 1.57. The van der Waals surface area contributed by atoms with Crippen molar-refractivity contribution in [1.29, 1.82) is 0 Å². The largest absolute Gasteiger partial charge is 0.289 e. The SMILES string of the molecule is CC1CCCN(C(c2cccnc2)c2nnnn2Cc2ccccc2)C1. The van der Waals surface area contributed by atoms with Crippen LogP contribution in [-0.2, 0) is 6.54 Å². The lowest BCUT2D eigenvalue weighted by Gasteiger charge is -2.36. The van der Waals surface area contributed by atoms with E-state index in [-0.39, 0.29) is 6.04 Å². The molecular weight excluding hydrogens is 324 g/mol. The van der Waals surface area contributed by atoms with Gasteiger partial charge in [0.1, 0.15) is 0 Å². The molecule has 0 bridgehead atoms. The van der Waals surface area contributed by atoms with E-state index in [2.05, 4.69) is 50.5 Å². The fraction of sp³-hybridized carbons (Fsp3) is 0.400. The van der Waals surface area contributed by atoms with Gasteiger partial charge >= 0.3 is 0 Å². The minimum absolute atomic E-state index is 0.0326. The fourth-order valence-corrected chi connectivity index (χ4v) is 3.80. The van der Waals surface area contributed by atoms with Crippen LogP contribution in [0.2, 0.25) is 0 Å². The highest BCUT2D eigenvalue weighted by Gasteiger charge is 2.30. The van der Waals surface area contributed by atoms with E-state index in [0.29, 0.717) is 12.5 Å². The number of piperidine rings is 1. The third-order valence-corrected chi connectivity index (χ3v) is 5.03. The van der Waals surface area contributed by atoms with Gasteiger partial charge in [-0.05, 0) is 52.9 Å². The summed E-state index contributed by atoms with van der Waals surface area (Å²) in [6, 6.07) is 14.5. The van der Waals surface area contributed by atoms with E-state index in [0.717, 1.165) is 24.5 Å². The van der Waals surface area contributed by atoms with Crippen LogP contribution in [0, 0.1) is 5.92 Å². The van der Waals surface area contributed by atoms with Crippen LogP contribution >= 0.6 is 0 Å². The summed E-state index contributed by atoms with van der Waals surface area (Å²) in [7, 11) is 0. The van der Waals surface area contributed by atoms with Crippen molar-refractivity contribution < 1.29 is 0 Å². The van der Waals surface area contributed by atoms with Crippen molar-refractivity contribution in [3.05, 3.63) is 71.8 Å². The van der Waals surface area contributed by atoms with Crippen molar-refractivity contribution in [2.75, 3.05) is 13.1 Å². The van der Waals surface area contributed by atoms with Crippen molar-refractivity contribution in [2.45, 2.75) is 32.4 Å². The first-order valence-electron chi connectivity index (χ1n) is 9.25. The molecule has 26 heavy (non-hydrogen) atoms. The highest BCUT2D eigenvalue weighted by atomic mass is 15.5. The Balaban J connectivity index is 1.69. The smallest absolute Gasteiger partial charge is 0.173 e. The van der Waals surface area contributed by atoms with Crippen LogP contribution in [0.4, 0.5) is 0 Å². The molecule has 1 fully saturated rings. The zero-order valence-corrected chi connectivity index (χ0v) is 15.1. The summed E-state index contributed by atoms with van der Waals surface area (Å²) < 4.78 is 1.92. The molecule has 2 unspecified atom stereocenters. The van der Waals surface area contributed by atoms with Gasteiger partial charge in [-0.2, -0.15) is 0 Å². The van der Waals surface area contributed by atoms with Crippen molar-refractivity contribution >= 4 is 0 Å². The van der Waals surface area contributed by atoms with E-state index < -0.39 is 0 Å². The Hall–Kier alpha value is -2.60. The number of pyridine rings is 1. The Morgan fingerprint density at radius 3 is 2.81 bits per heavy atom. The fourth-order valence-electron chi connectivity index (χ4n) is 3.80. The van der Waals surface area contributed by atoms with Gasteiger partial charge in [-0.25, -0.2) is 4.68 Å². The summed E-state index contributed by atoms with van der Waals surface area (Å²) in [6.07, 6.45) is 6.24. The van der Waals surface area contributed by atoms with Gasteiger partial charge in [0.05, 0.1) is 12.6 Å². The first kappa shape index (κ1) is 16.8. The zero-order chi connectivity index (χ0) is 17.8. The highest BCUT2D eigenvalue weighted by Crippen LogP contribution is 2.31.